The Balaban J connectivity index is 1.54. The zero-order chi connectivity index (χ0) is 23.9. The summed E-state index contributed by atoms with van der Waals surface area (Å²) in [5.41, 5.74) is 8.02. The Morgan fingerprint density at radius 1 is 0.514 bits per heavy atom. The van der Waals surface area contributed by atoms with Gasteiger partial charge >= 0.3 is 0 Å². The van der Waals surface area contributed by atoms with Gasteiger partial charge in [-0.3, -0.25) is 0 Å². The monoisotopic (exact) mass is 453 g/mol. The average Bonchev–Trinajstić information content (AvgIpc) is 2.94. The van der Waals surface area contributed by atoms with Crippen LogP contribution in [0.4, 0.5) is 17.1 Å². The second kappa shape index (κ2) is 10.6. The van der Waals surface area contributed by atoms with Crippen molar-refractivity contribution < 1.29 is 4.74 Å². The zero-order valence-corrected chi connectivity index (χ0v) is 19.7. The summed E-state index contributed by atoms with van der Waals surface area (Å²) in [7, 11) is 1.69. The third kappa shape index (κ3) is 5.18. The van der Waals surface area contributed by atoms with E-state index in [1.165, 1.54) is 11.1 Å². The van der Waals surface area contributed by atoms with Crippen molar-refractivity contribution in [2.24, 2.45) is 0 Å². The molecule has 0 saturated heterocycles. The quantitative estimate of drug-likeness (QED) is 0.228. The maximum absolute atomic E-state index is 5.36. The first-order valence-corrected chi connectivity index (χ1v) is 11.7. The molecule has 0 fully saturated rings. The Labute approximate surface area is 207 Å². The Bertz CT molecular complexity index is 1340. The standard InChI is InChI=1S/C33H27NO/c1-35-32-23-19-28(20-24-32)33(27-11-5-2-6-12-27)25-26-17-21-31(22-18-26)34(29-13-7-3-8-14-29)30-15-9-4-10-16-30/h2-25H,1H3/b33-25+. The predicted molar refractivity (Wildman–Crippen MR) is 148 cm³/mol. The van der Waals surface area contributed by atoms with Crippen LogP contribution in [0.1, 0.15) is 16.7 Å². The number of anilines is 3. The van der Waals surface area contributed by atoms with Crippen molar-refractivity contribution in [3.05, 3.63) is 156 Å². The molecule has 0 aromatic heterocycles. The van der Waals surface area contributed by atoms with Crippen LogP contribution >= 0.6 is 0 Å². The Kier molecular flexibility index (Phi) is 6.72. The van der Waals surface area contributed by atoms with Gasteiger partial charge in [0.1, 0.15) is 5.75 Å². The molecule has 2 heteroatoms. The van der Waals surface area contributed by atoms with Crippen molar-refractivity contribution >= 4 is 28.7 Å². The molecule has 0 N–H and O–H groups in total. The number of hydrogen-bond donors (Lipinski definition) is 0. The van der Waals surface area contributed by atoms with Gasteiger partial charge in [0.25, 0.3) is 0 Å². The van der Waals surface area contributed by atoms with Crippen LogP contribution in [0.3, 0.4) is 0 Å². The number of nitrogens with zero attached hydrogens (tertiary/aromatic N) is 1. The SMILES string of the molecule is COc1ccc(/C(=C/c2ccc(N(c3ccccc3)c3ccccc3)cc2)c2ccccc2)cc1. The van der Waals surface area contributed by atoms with E-state index in [1.807, 2.05) is 30.3 Å². The van der Waals surface area contributed by atoms with Gasteiger partial charge < -0.3 is 9.64 Å². The maximum atomic E-state index is 5.36. The van der Waals surface area contributed by atoms with E-state index in [0.29, 0.717) is 0 Å². The lowest BCUT2D eigenvalue weighted by atomic mass is 9.95. The zero-order valence-electron chi connectivity index (χ0n) is 19.7. The van der Waals surface area contributed by atoms with Gasteiger partial charge in [-0.2, -0.15) is 0 Å². The van der Waals surface area contributed by atoms with Crippen molar-refractivity contribution in [2.45, 2.75) is 0 Å². The molecule has 0 heterocycles. The summed E-state index contributed by atoms with van der Waals surface area (Å²) in [6.45, 7) is 0. The van der Waals surface area contributed by atoms with Gasteiger partial charge in [0.15, 0.2) is 0 Å². The van der Waals surface area contributed by atoms with Crippen molar-refractivity contribution in [1.29, 1.82) is 0 Å². The predicted octanol–water partition coefficient (Wildman–Crippen LogP) is 8.75. The third-order valence-corrected chi connectivity index (χ3v) is 5.98. The Morgan fingerprint density at radius 2 is 0.971 bits per heavy atom. The minimum Gasteiger partial charge on any atom is -0.497 e. The Morgan fingerprint density at radius 3 is 1.49 bits per heavy atom. The maximum Gasteiger partial charge on any atom is 0.118 e. The van der Waals surface area contributed by atoms with Gasteiger partial charge in [-0.05, 0) is 76.9 Å². The molecule has 5 aromatic rings. The first-order chi connectivity index (χ1) is 17.3. The summed E-state index contributed by atoms with van der Waals surface area (Å²) in [6.07, 6.45) is 2.25. The molecule has 0 unspecified atom stereocenters. The number of hydrogen-bond acceptors (Lipinski definition) is 2. The second-order valence-corrected chi connectivity index (χ2v) is 8.25. The highest BCUT2D eigenvalue weighted by molar-refractivity contribution is 5.91. The van der Waals surface area contributed by atoms with E-state index < -0.39 is 0 Å². The average molecular weight is 454 g/mol. The van der Waals surface area contributed by atoms with Gasteiger partial charge in [0.05, 0.1) is 7.11 Å². The van der Waals surface area contributed by atoms with E-state index in [0.717, 1.165) is 33.9 Å². The largest absolute Gasteiger partial charge is 0.497 e. The lowest BCUT2D eigenvalue weighted by Crippen LogP contribution is -2.09. The topological polar surface area (TPSA) is 12.5 Å². The van der Waals surface area contributed by atoms with Crippen LogP contribution in [0, 0.1) is 0 Å². The molecule has 0 bridgehead atoms. The molecule has 35 heavy (non-hydrogen) atoms. The van der Waals surface area contributed by atoms with Crippen molar-refractivity contribution in [1.82, 2.24) is 0 Å². The summed E-state index contributed by atoms with van der Waals surface area (Å²) < 4.78 is 5.36. The lowest BCUT2D eigenvalue weighted by molar-refractivity contribution is 0.415. The number of methoxy groups -OCH3 is 1. The van der Waals surface area contributed by atoms with Crippen LogP contribution in [0.5, 0.6) is 5.75 Å². The fraction of sp³-hybridized carbons (Fsp3) is 0.0303. The smallest absolute Gasteiger partial charge is 0.118 e. The van der Waals surface area contributed by atoms with E-state index in [1.54, 1.807) is 7.11 Å². The summed E-state index contributed by atoms with van der Waals surface area (Å²) in [5.74, 6) is 0.854. The third-order valence-electron chi connectivity index (χ3n) is 5.98. The highest BCUT2D eigenvalue weighted by Gasteiger charge is 2.12. The second-order valence-electron chi connectivity index (χ2n) is 8.25. The first-order valence-electron chi connectivity index (χ1n) is 11.7. The highest BCUT2D eigenvalue weighted by atomic mass is 16.5. The number of benzene rings is 5. The van der Waals surface area contributed by atoms with E-state index in [9.17, 15) is 0 Å². The molecular formula is C33H27NO. The van der Waals surface area contributed by atoms with Gasteiger partial charge in [-0.25, -0.2) is 0 Å². The molecule has 0 atom stereocenters. The van der Waals surface area contributed by atoms with Crippen LogP contribution in [0.15, 0.2) is 140 Å². The molecule has 0 spiro atoms. The van der Waals surface area contributed by atoms with E-state index in [-0.39, 0.29) is 0 Å². The Hall–Kier alpha value is -4.56. The number of para-hydroxylation sites is 2. The molecule has 0 aliphatic carbocycles. The minimum atomic E-state index is 0.854. The van der Waals surface area contributed by atoms with Crippen molar-refractivity contribution in [3.8, 4) is 5.75 Å². The fourth-order valence-electron chi connectivity index (χ4n) is 4.21. The van der Waals surface area contributed by atoms with Crippen molar-refractivity contribution in [3.63, 3.8) is 0 Å². The molecule has 0 amide bonds. The molecule has 5 rings (SSSR count). The lowest BCUT2D eigenvalue weighted by Gasteiger charge is -2.25. The van der Waals surface area contributed by atoms with Crippen LogP contribution in [0.25, 0.3) is 11.6 Å². The van der Waals surface area contributed by atoms with Crippen molar-refractivity contribution in [2.75, 3.05) is 12.0 Å². The number of ether oxygens (including phenoxy) is 1. The summed E-state index contributed by atoms with van der Waals surface area (Å²) in [4.78, 5) is 2.27. The van der Waals surface area contributed by atoms with Crippen LogP contribution < -0.4 is 9.64 Å². The summed E-state index contributed by atoms with van der Waals surface area (Å²) >= 11 is 0. The first kappa shape index (κ1) is 22.2. The molecular weight excluding hydrogens is 426 g/mol. The molecule has 0 aliphatic rings. The number of rotatable bonds is 7. The summed E-state index contributed by atoms with van der Waals surface area (Å²) in [5, 5.41) is 0. The van der Waals surface area contributed by atoms with E-state index >= 15 is 0 Å². The van der Waals surface area contributed by atoms with E-state index in [2.05, 4.69) is 120 Å². The van der Waals surface area contributed by atoms with E-state index in [4.69, 9.17) is 4.74 Å². The summed E-state index contributed by atoms with van der Waals surface area (Å²) in [6, 6.07) is 48.4. The molecule has 0 saturated carbocycles. The van der Waals surface area contributed by atoms with Gasteiger partial charge in [0.2, 0.25) is 0 Å². The van der Waals surface area contributed by atoms with Gasteiger partial charge in [-0.1, -0.05) is 91.0 Å². The fourth-order valence-corrected chi connectivity index (χ4v) is 4.21. The molecule has 2 nitrogen and oxygen atoms in total. The molecule has 5 aromatic carbocycles. The minimum absolute atomic E-state index is 0.854. The molecule has 170 valence electrons. The molecule has 0 radical (unpaired) electrons. The van der Waals surface area contributed by atoms with Crippen LogP contribution in [0.2, 0.25) is 0 Å². The van der Waals surface area contributed by atoms with Gasteiger partial charge in [-0.15, -0.1) is 0 Å². The normalized spacial score (nSPS) is 11.2. The van der Waals surface area contributed by atoms with Crippen LogP contribution in [-0.4, -0.2) is 7.11 Å². The van der Waals surface area contributed by atoms with Gasteiger partial charge in [0, 0.05) is 17.1 Å². The highest BCUT2D eigenvalue weighted by Crippen LogP contribution is 2.35. The van der Waals surface area contributed by atoms with Crippen LogP contribution in [-0.2, 0) is 0 Å². The molecule has 0 aliphatic heterocycles.